The number of ether oxygens (including phenoxy) is 2. The summed E-state index contributed by atoms with van der Waals surface area (Å²) in [7, 11) is 0. The summed E-state index contributed by atoms with van der Waals surface area (Å²) in [4.78, 5) is 23.4. The molecule has 1 fully saturated rings. The van der Waals surface area contributed by atoms with Crippen LogP contribution in [0.5, 0.6) is 5.75 Å². The topological polar surface area (TPSA) is 72.8 Å². The minimum Gasteiger partial charge on any atom is -0.504 e. The van der Waals surface area contributed by atoms with E-state index < -0.39 is 46.2 Å². The van der Waals surface area contributed by atoms with Crippen LogP contribution in [0.3, 0.4) is 0 Å². The molecule has 0 spiro atoms. The van der Waals surface area contributed by atoms with Gasteiger partial charge in [-0.1, -0.05) is 0 Å². The number of carbonyl (C=O) groups is 2. The molecule has 0 aliphatic carbocycles. The average Bonchev–Trinajstić information content (AvgIpc) is 2.36. The Morgan fingerprint density at radius 3 is 2.24 bits per heavy atom. The number of carbonyl (C=O) groups excluding carboxylic acids is 2. The highest BCUT2D eigenvalue weighted by atomic mass is 79.9. The van der Waals surface area contributed by atoms with Crippen LogP contribution in [0.4, 0.5) is 8.78 Å². The van der Waals surface area contributed by atoms with Gasteiger partial charge in [-0.3, -0.25) is 0 Å². The first-order chi connectivity index (χ1) is 9.62. The fraction of sp³-hybridized carbons (Fsp3) is 0.231. The maximum absolute atomic E-state index is 13.7. The lowest BCUT2D eigenvalue weighted by molar-refractivity contribution is -0.222. The first kappa shape index (κ1) is 15.4. The molecular weight excluding hydrogens is 354 g/mol. The molecule has 0 bridgehead atoms. The summed E-state index contributed by atoms with van der Waals surface area (Å²) in [5.41, 5.74) is -0.994. The number of cyclic esters (lactones) is 2. The number of esters is 2. The molecule has 21 heavy (non-hydrogen) atoms. The second-order valence-corrected chi connectivity index (χ2v) is 5.52. The summed E-state index contributed by atoms with van der Waals surface area (Å²) >= 11 is 2.83. The zero-order valence-electron chi connectivity index (χ0n) is 10.9. The molecule has 0 amide bonds. The van der Waals surface area contributed by atoms with Crippen LogP contribution in [0.25, 0.3) is 6.08 Å². The van der Waals surface area contributed by atoms with Gasteiger partial charge in [-0.05, 0) is 28.1 Å². The van der Waals surface area contributed by atoms with Crippen LogP contribution in [-0.2, 0) is 19.1 Å². The second kappa shape index (κ2) is 5.10. The Bertz CT molecular complexity index is 660. The number of halogens is 3. The smallest absolute Gasteiger partial charge is 0.348 e. The van der Waals surface area contributed by atoms with Gasteiger partial charge in [-0.2, -0.15) is 4.39 Å². The van der Waals surface area contributed by atoms with Gasteiger partial charge in [0, 0.05) is 19.4 Å². The monoisotopic (exact) mass is 362 g/mol. The van der Waals surface area contributed by atoms with E-state index in [0.29, 0.717) is 0 Å². The standard InChI is InChI=1S/C13H9BrF2O5/c1-13(2)20-11(18)6(12(19)21-13)3-5-4-7(14)10(17)9(16)8(5)15/h3-4,17H,1-2H3. The van der Waals surface area contributed by atoms with Crippen LogP contribution < -0.4 is 0 Å². The number of hydrogen-bond donors (Lipinski definition) is 1. The first-order valence-electron chi connectivity index (χ1n) is 5.67. The van der Waals surface area contributed by atoms with Gasteiger partial charge in [0.05, 0.1) is 4.47 Å². The van der Waals surface area contributed by atoms with Crippen LogP contribution in [0.15, 0.2) is 16.1 Å². The summed E-state index contributed by atoms with van der Waals surface area (Å²) in [6.45, 7) is 2.72. The molecular formula is C13H9BrF2O5. The zero-order valence-corrected chi connectivity index (χ0v) is 12.5. The fourth-order valence-electron chi connectivity index (χ4n) is 1.64. The lowest BCUT2D eigenvalue weighted by Crippen LogP contribution is -2.41. The van der Waals surface area contributed by atoms with Crippen LogP contribution in [0.1, 0.15) is 19.4 Å². The third-order valence-electron chi connectivity index (χ3n) is 2.58. The van der Waals surface area contributed by atoms with E-state index in [1.165, 1.54) is 13.8 Å². The normalized spacial score (nSPS) is 17.3. The van der Waals surface area contributed by atoms with Crippen molar-refractivity contribution in [1.82, 2.24) is 0 Å². The Morgan fingerprint density at radius 2 is 1.71 bits per heavy atom. The van der Waals surface area contributed by atoms with Gasteiger partial charge < -0.3 is 14.6 Å². The molecule has 8 heteroatoms. The first-order valence-corrected chi connectivity index (χ1v) is 6.46. The van der Waals surface area contributed by atoms with Gasteiger partial charge in [0.15, 0.2) is 11.6 Å². The number of hydrogen-bond acceptors (Lipinski definition) is 5. The summed E-state index contributed by atoms with van der Waals surface area (Å²) in [6.07, 6.45) is 0.794. The summed E-state index contributed by atoms with van der Waals surface area (Å²) in [5, 5.41) is 9.22. The van der Waals surface area contributed by atoms with Crippen molar-refractivity contribution in [2.75, 3.05) is 0 Å². The van der Waals surface area contributed by atoms with E-state index in [0.717, 1.165) is 12.1 Å². The molecule has 1 N–H and O–H groups in total. The average molecular weight is 363 g/mol. The largest absolute Gasteiger partial charge is 0.504 e. The van der Waals surface area contributed by atoms with Gasteiger partial charge in [-0.15, -0.1) is 0 Å². The third kappa shape index (κ3) is 2.90. The van der Waals surface area contributed by atoms with E-state index in [1.807, 2.05) is 0 Å². The highest BCUT2D eigenvalue weighted by molar-refractivity contribution is 9.10. The maximum atomic E-state index is 13.7. The van der Waals surface area contributed by atoms with Crippen LogP contribution in [0, 0.1) is 11.6 Å². The van der Waals surface area contributed by atoms with Crippen molar-refractivity contribution in [2.45, 2.75) is 19.6 Å². The van der Waals surface area contributed by atoms with Crippen molar-refractivity contribution in [3.8, 4) is 5.75 Å². The number of benzene rings is 1. The molecule has 1 saturated heterocycles. The molecule has 1 aliphatic heterocycles. The lowest BCUT2D eigenvalue weighted by atomic mass is 10.1. The molecule has 0 radical (unpaired) electrons. The van der Waals surface area contributed by atoms with Crippen molar-refractivity contribution in [3.63, 3.8) is 0 Å². The molecule has 0 aromatic heterocycles. The van der Waals surface area contributed by atoms with Crippen LogP contribution in [0.2, 0.25) is 0 Å². The summed E-state index contributed by atoms with van der Waals surface area (Å²) in [6, 6.07) is 1.01. The number of rotatable bonds is 1. The highest BCUT2D eigenvalue weighted by Gasteiger charge is 2.39. The highest BCUT2D eigenvalue weighted by Crippen LogP contribution is 2.32. The Morgan fingerprint density at radius 1 is 1.19 bits per heavy atom. The van der Waals surface area contributed by atoms with Crippen molar-refractivity contribution >= 4 is 33.9 Å². The molecule has 0 atom stereocenters. The van der Waals surface area contributed by atoms with E-state index >= 15 is 0 Å². The van der Waals surface area contributed by atoms with Crippen molar-refractivity contribution < 1.29 is 33.0 Å². The van der Waals surface area contributed by atoms with E-state index in [-0.39, 0.29) is 4.47 Å². The van der Waals surface area contributed by atoms with E-state index in [1.54, 1.807) is 0 Å². The Hall–Kier alpha value is -1.96. The number of aromatic hydroxyl groups is 1. The Kier molecular flexibility index (Phi) is 3.75. The molecule has 5 nitrogen and oxygen atoms in total. The minimum absolute atomic E-state index is 0.133. The molecule has 1 aromatic rings. The number of phenols is 1. The quantitative estimate of drug-likeness (QED) is 0.360. The second-order valence-electron chi connectivity index (χ2n) is 4.66. The van der Waals surface area contributed by atoms with Gasteiger partial charge >= 0.3 is 11.9 Å². The molecule has 1 aromatic carbocycles. The molecule has 112 valence electrons. The van der Waals surface area contributed by atoms with E-state index in [9.17, 15) is 23.5 Å². The van der Waals surface area contributed by atoms with Crippen molar-refractivity contribution in [1.29, 1.82) is 0 Å². The lowest BCUT2D eigenvalue weighted by Gasteiger charge is -2.29. The molecule has 1 aliphatic rings. The van der Waals surface area contributed by atoms with Crippen LogP contribution >= 0.6 is 15.9 Å². The number of phenolic OH excluding ortho intramolecular Hbond substituents is 1. The minimum atomic E-state index is -1.51. The maximum Gasteiger partial charge on any atom is 0.348 e. The van der Waals surface area contributed by atoms with Crippen molar-refractivity contribution in [2.24, 2.45) is 0 Å². The molecule has 2 rings (SSSR count). The fourth-order valence-corrected chi connectivity index (χ4v) is 2.06. The van der Waals surface area contributed by atoms with Gasteiger partial charge in [0.25, 0.3) is 5.79 Å². The van der Waals surface area contributed by atoms with Gasteiger partial charge in [0.1, 0.15) is 5.57 Å². The summed E-state index contributed by atoms with van der Waals surface area (Å²) < 4.78 is 36.6. The molecule has 0 saturated carbocycles. The van der Waals surface area contributed by atoms with E-state index in [2.05, 4.69) is 15.9 Å². The van der Waals surface area contributed by atoms with E-state index in [4.69, 9.17) is 9.47 Å². The van der Waals surface area contributed by atoms with Gasteiger partial charge in [0.2, 0.25) is 5.82 Å². The molecule has 1 heterocycles. The van der Waals surface area contributed by atoms with Crippen LogP contribution in [-0.4, -0.2) is 22.8 Å². The SMILES string of the molecule is CC1(C)OC(=O)C(=Cc2cc(Br)c(O)c(F)c2F)C(=O)O1. The predicted molar refractivity (Wildman–Crippen MR) is 70.0 cm³/mol. The zero-order chi connectivity index (χ0) is 15.9. The predicted octanol–water partition coefficient (Wildman–Crippen LogP) is 2.65. The third-order valence-corrected chi connectivity index (χ3v) is 3.18. The summed E-state index contributed by atoms with van der Waals surface area (Å²) in [5.74, 6) is -7.28. The van der Waals surface area contributed by atoms with Crippen molar-refractivity contribution in [3.05, 3.63) is 33.3 Å². The Labute approximate surface area is 126 Å². The Balaban J connectivity index is 2.50. The molecule has 0 unspecified atom stereocenters. The van der Waals surface area contributed by atoms with Gasteiger partial charge in [-0.25, -0.2) is 14.0 Å².